The highest BCUT2D eigenvalue weighted by atomic mass is 79.9. The average Bonchev–Trinajstić information content (AvgIpc) is 2.95. The summed E-state index contributed by atoms with van der Waals surface area (Å²) >= 11 is 3.65. The number of nitrogens with zero attached hydrogens (tertiary/aromatic N) is 1. The lowest BCUT2D eigenvalue weighted by molar-refractivity contribution is 0.590. The third-order valence-electron chi connectivity index (χ3n) is 4.84. The van der Waals surface area contributed by atoms with Crippen LogP contribution in [0.1, 0.15) is 52.7 Å². The smallest absolute Gasteiger partial charge is 0.0540 e. The van der Waals surface area contributed by atoms with Gasteiger partial charge in [-0.15, -0.1) is 0 Å². The molecule has 0 amide bonds. The summed E-state index contributed by atoms with van der Waals surface area (Å²) in [6.07, 6.45) is 2.14. The van der Waals surface area contributed by atoms with Crippen LogP contribution < -0.4 is 0 Å². The van der Waals surface area contributed by atoms with Crippen molar-refractivity contribution < 1.29 is 0 Å². The number of hydrogen-bond donors (Lipinski definition) is 0. The molecule has 0 saturated heterocycles. The minimum Gasteiger partial charge on any atom is -0.315 e. The molecule has 0 atom stereocenters. The van der Waals surface area contributed by atoms with Crippen molar-refractivity contribution in [3.05, 3.63) is 76.4 Å². The van der Waals surface area contributed by atoms with Crippen molar-refractivity contribution in [1.29, 1.82) is 0 Å². The van der Waals surface area contributed by atoms with E-state index in [0.717, 1.165) is 4.47 Å². The molecule has 0 spiro atoms. The summed E-state index contributed by atoms with van der Waals surface area (Å²) in [7, 11) is 0. The van der Waals surface area contributed by atoms with E-state index in [0.29, 0.717) is 0 Å². The maximum Gasteiger partial charge on any atom is 0.0540 e. The van der Waals surface area contributed by atoms with E-state index in [4.69, 9.17) is 0 Å². The van der Waals surface area contributed by atoms with Gasteiger partial charge in [-0.05, 0) is 61.6 Å². The Morgan fingerprint density at radius 3 is 1.62 bits per heavy atom. The van der Waals surface area contributed by atoms with Crippen molar-refractivity contribution >= 4 is 15.9 Å². The van der Waals surface area contributed by atoms with Gasteiger partial charge in [0, 0.05) is 16.4 Å². The van der Waals surface area contributed by atoms with Crippen LogP contribution in [0.5, 0.6) is 0 Å². The van der Waals surface area contributed by atoms with E-state index in [2.05, 4.69) is 123 Å². The second kappa shape index (κ2) is 6.74. The predicted octanol–water partition coefficient (Wildman–Crippen LogP) is 7.50. The minimum absolute atomic E-state index is 0.168. The molecule has 1 heterocycles. The van der Waals surface area contributed by atoms with Crippen molar-refractivity contribution in [3.63, 3.8) is 0 Å². The average molecular weight is 410 g/mol. The Labute approximate surface area is 166 Å². The van der Waals surface area contributed by atoms with Crippen molar-refractivity contribution in [1.82, 2.24) is 4.57 Å². The molecule has 1 aromatic heterocycles. The van der Waals surface area contributed by atoms with E-state index in [1.165, 1.54) is 28.1 Å². The van der Waals surface area contributed by atoms with Crippen LogP contribution in [0.25, 0.3) is 16.9 Å². The van der Waals surface area contributed by atoms with Gasteiger partial charge in [0.2, 0.25) is 0 Å². The van der Waals surface area contributed by atoms with Crippen LogP contribution in [-0.2, 0) is 10.8 Å². The van der Waals surface area contributed by atoms with E-state index in [1.807, 2.05) is 0 Å². The molecule has 2 aromatic carbocycles. The van der Waals surface area contributed by atoms with Gasteiger partial charge in [-0.1, -0.05) is 77.9 Å². The van der Waals surface area contributed by atoms with Gasteiger partial charge in [0.05, 0.1) is 5.69 Å². The quantitative estimate of drug-likeness (QED) is 0.412. The summed E-state index contributed by atoms with van der Waals surface area (Å²) in [6.45, 7) is 13.5. The second-order valence-corrected chi connectivity index (χ2v) is 9.95. The lowest BCUT2D eigenvalue weighted by Gasteiger charge is -2.20. The van der Waals surface area contributed by atoms with Gasteiger partial charge in [0.25, 0.3) is 0 Å². The van der Waals surface area contributed by atoms with Crippen LogP contribution in [-0.4, -0.2) is 4.57 Å². The van der Waals surface area contributed by atoms with E-state index in [9.17, 15) is 0 Å². The summed E-state index contributed by atoms with van der Waals surface area (Å²) in [5.41, 5.74) is 6.64. The summed E-state index contributed by atoms with van der Waals surface area (Å²) in [6, 6.07) is 20.0. The fourth-order valence-corrected chi connectivity index (χ4v) is 3.55. The van der Waals surface area contributed by atoms with Gasteiger partial charge >= 0.3 is 0 Å². The number of halogens is 1. The van der Waals surface area contributed by atoms with Crippen LogP contribution in [0, 0.1) is 0 Å². The third kappa shape index (κ3) is 3.96. The first-order valence-corrected chi connectivity index (χ1v) is 9.95. The third-order valence-corrected chi connectivity index (χ3v) is 5.28. The maximum absolute atomic E-state index is 3.65. The monoisotopic (exact) mass is 409 g/mol. The minimum atomic E-state index is 0.168. The van der Waals surface area contributed by atoms with Gasteiger partial charge in [-0.25, -0.2) is 0 Å². The second-order valence-electron chi connectivity index (χ2n) is 9.04. The SMILES string of the molecule is CC(C)(C)c1ccc(-c2cc(Br)cn2-c2ccc(C(C)(C)C)cc2)cc1. The summed E-state index contributed by atoms with van der Waals surface area (Å²) in [4.78, 5) is 0. The van der Waals surface area contributed by atoms with Gasteiger partial charge in [-0.3, -0.25) is 0 Å². The van der Waals surface area contributed by atoms with Gasteiger partial charge < -0.3 is 4.57 Å². The molecule has 3 rings (SSSR count). The van der Waals surface area contributed by atoms with Crippen molar-refractivity contribution in [3.8, 4) is 16.9 Å². The Morgan fingerprint density at radius 1 is 0.692 bits per heavy atom. The molecule has 3 aromatic rings. The zero-order chi connectivity index (χ0) is 19.1. The van der Waals surface area contributed by atoms with E-state index in [-0.39, 0.29) is 10.8 Å². The Morgan fingerprint density at radius 2 is 1.15 bits per heavy atom. The maximum atomic E-state index is 3.65. The highest BCUT2D eigenvalue weighted by Crippen LogP contribution is 2.31. The topological polar surface area (TPSA) is 4.93 Å². The molecule has 0 N–H and O–H groups in total. The van der Waals surface area contributed by atoms with Crippen LogP contribution in [0.2, 0.25) is 0 Å². The first-order valence-electron chi connectivity index (χ1n) is 9.15. The first-order chi connectivity index (χ1) is 12.1. The van der Waals surface area contributed by atoms with Crippen molar-refractivity contribution in [2.75, 3.05) is 0 Å². The normalized spacial score (nSPS) is 12.4. The summed E-state index contributed by atoms with van der Waals surface area (Å²) < 4.78 is 3.34. The fourth-order valence-electron chi connectivity index (χ4n) is 3.13. The number of hydrogen-bond acceptors (Lipinski definition) is 0. The van der Waals surface area contributed by atoms with Crippen molar-refractivity contribution in [2.24, 2.45) is 0 Å². The zero-order valence-electron chi connectivity index (χ0n) is 16.6. The van der Waals surface area contributed by atoms with E-state index >= 15 is 0 Å². The molecule has 136 valence electrons. The van der Waals surface area contributed by atoms with E-state index < -0.39 is 0 Å². The summed E-state index contributed by atoms with van der Waals surface area (Å²) in [5.74, 6) is 0. The van der Waals surface area contributed by atoms with Gasteiger partial charge in [0.15, 0.2) is 0 Å². The molecule has 0 aliphatic rings. The van der Waals surface area contributed by atoms with Gasteiger partial charge in [-0.2, -0.15) is 0 Å². The number of benzene rings is 2. The number of aromatic nitrogens is 1. The largest absolute Gasteiger partial charge is 0.315 e. The Balaban J connectivity index is 2.01. The molecule has 0 unspecified atom stereocenters. The molecule has 26 heavy (non-hydrogen) atoms. The predicted molar refractivity (Wildman–Crippen MR) is 116 cm³/mol. The van der Waals surface area contributed by atoms with E-state index in [1.54, 1.807) is 0 Å². The highest BCUT2D eigenvalue weighted by molar-refractivity contribution is 9.10. The van der Waals surface area contributed by atoms with Gasteiger partial charge in [0.1, 0.15) is 0 Å². The molecule has 1 nitrogen and oxygen atoms in total. The van der Waals surface area contributed by atoms with Crippen LogP contribution in [0.4, 0.5) is 0 Å². The fraction of sp³-hybridized carbons (Fsp3) is 0.333. The Kier molecular flexibility index (Phi) is 4.92. The first kappa shape index (κ1) is 19.0. The van der Waals surface area contributed by atoms with Crippen LogP contribution >= 0.6 is 15.9 Å². The summed E-state index contributed by atoms with van der Waals surface area (Å²) in [5, 5.41) is 0. The molecule has 0 bridgehead atoms. The lowest BCUT2D eigenvalue weighted by atomic mass is 9.86. The molecule has 0 saturated carbocycles. The standard InChI is InChI=1S/C24H28BrN/c1-23(2,3)18-9-7-17(8-10-18)22-15-20(25)16-26(22)21-13-11-19(12-14-21)24(4,5)6/h7-16H,1-6H3. The number of rotatable bonds is 2. The van der Waals surface area contributed by atoms with Crippen molar-refractivity contribution in [2.45, 2.75) is 52.4 Å². The molecule has 0 aliphatic carbocycles. The molecular formula is C24H28BrN. The highest BCUT2D eigenvalue weighted by Gasteiger charge is 2.16. The Hall–Kier alpha value is -1.80. The molecule has 0 fully saturated rings. The van der Waals surface area contributed by atoms with Crippen LogP contribution in [0.3, 0.4) is 0 Å². The molecule has 0 aliphatic heterocycles. The zero-order valence-corrected chi connectivity index (χ0v) is 18.2. The van der Waals surface area contributed by atoms with Crippen LogP contribution in [0.15, 0.2) is 65.3 Å². The molecule has 0 radical (unpaired) electrons. The lowest BCUT2D eigenvalue weighted by Crippen LogP contribution is -2.11. The Bertz CT molecular complexity index is 810. The molecular weight excluding hydrogens is 382 g/mol. The molecule has 2 heteroatoms.